The van der Waals surface area contributed by atoms with Crippen LogP contribution in [0, 0.1) is 0 Å². The van der Waals surface area contributed by atoms with E-state index in [0.717, 1.165) is 19.5 Å². The van der Waals surface area contributed by atoms with Crippen molar-refractivity contribution >= 4 is 23.2 Å². The van der Waals surface area contributed by atoms with Crippen LogP contribution in [0.1, 0.15) is 13.3 Å². The second-order valence-electron chi connectivity index (χ2n) is 4.40. The highest BCUT2D eigenvalue weighted by molar-refractivity contribution is 7.80. The molecule has 1 unspecified atom stereocenters. The standard InChI is InChI=1S/C11H21N3O2S/c1-9(8-16-3)12-11(17)14-6-4-5-13(2)10(15)7-14/h9H,4-8H2,1-3H3,(H,12,17). The van der Waals surface area contributed by atoms with Crippen molar-refractivity contribution in [3.05, 3.63) is 0 Å². The van der Waals surface area contributed by atoms with Gasteiger partial charge in [-0.05, 0) is 25.6 Å². The molecule has 17 heavy (non-hydrogen) atoms. The molecule has 1 atom stereocenters. The Morgan fingerprint density at radius 1 is 1.59 bits per heavy atom. The molecule has 1 saturated heterocycles. The van der Waals surface area contributed by atoms with Crippen molar-refractivity contribution < 1.29 is 9.53 Å². The van der Waals surface area contributed by atoms with Gasteiger partial charge in [0.25, 0.3) is 0 Å². The monoisotopic (exact) mass is 259 g/mol. The van der Waals surface area contributed by atoms with Crippen LogP contribution < -0.4 is 5.32 Å². The van der Waals surface area contributed by atoms with Gasteiger partial charge in [0.1, 0.15) is 0 Å². The fourth-order valence-corrected chi connectivity index (χ4v) is 2.11. The topological polar surface area (TPSA) is 44.8 Å². The number of ether oxygens (including phenoxy) is 1. The quantitative estimate of drug-likeness (QED) is 0.726. The Labute approximate surface area is 108 Å². The van der Waals surface area contributed by atoms with Crippen LogP contribution in [0.25, 0.3) is 0 Å². The summed E-state index contributed by atoms with van der Waals surface area (Å²) in [6.07, 6.45) is 0.947. The average Bonchev–Trinajstić information content (AvgIpc) is 2.42. The van der Waals surface area contributed by atoms with Gasteiger partial charge in [-0.25, -0.2) is 0 Å². The van der Waals surface area contributed by atoms with E-state index >= 15 is 0 Å². The molecule has 0 saturated carbocycles. The van der Waals surface area contributed by atoms with Crippen LogP contribution in [-0.2, 0) is 9.53 Å². The third-order valence-electron chi connectivity index (χ3n) is 2.75. The van der Waals surface area contributed by atoms with Gasteiger partial charge in [-0.15, -0.1) is 0 Å². The highest BCUT2D eigenvalue weighted by Crippen LogP contribution is 2.03. The maximum atomic E-state index is 11.7. The van der Waals surface area contributed by atoms with Crippen LogP contribution >= 0.6 is 12.2 Å². The van der Waals surface area contributed by atoms with E-state index in [1.54, 1.807) is 12.0 Å². The second kappa shape index (κ2) is 6.76. The van der Waals surface area contributed by atoms with Crippen molar-refractivity contribution in [3.8, 4) is 0 Å². The number of hydrogen-bond acceptors (Lipinski definition) is 3. The first-order valence-corrected chi connectivity index (χ1v) is 6.23. The number of amides is 1. The van der Waals surface area contributed by atoms with E-state index in [-0.39, 0.29) is 11.9 Å². The van der Waals surface area contributed by atoms with Crippen molar-refractivity contribution in [1.82, 2.24) is 15.1 Å². The molecule has 1 N–H and O–H groups in total. The molecule has 5 nitrogen and oxygen atoms in total. The van der Waals surface area contributed by atoms with E-state index in [2.05, 4.69) is 5.32 Å². The van der Waals surface area contributed by atoms with Crippen LogP contribution in [0.5, 0.6) is 0 Å². The van der Waals surface area contributed by atoms with E-state index in [1.807, 2.05) is 18.9 Å². The maximum absolute atomic E-state index is 11.7. The number of thiocarbonyl (C=S) groups is 1. The van der Waals surface area contributed by atoms with Crippen molar-refractivity contribution in [2.45, 2.75) is 19.4 Å². The van der Waals surface area contributed by atoms with Crippen molar-refractivity contribution in [2.24, 2.45) is 0 Å². The molecular weight excluding hydrogens is 238 g/mol. The van der Waals surface area contributed by atoms with E-state index in [9.17, 15) is 4.79 Å². The van der Waals surface area contributed by atoms with Crippen LogP contribution in [0.3, 0.4) is 0 Å². The number of carbonyl (C=O) groups excluding carboxylic acids is 1. The van der Waals surface area contributed by atoms with E-state index in [1.165, 1.54) is 0 Å². The second-order valence-corrected chi connectivity index (χ2v) is 4.78. The molecule has 0 aliphatic carbocycles. The number of carbonyl (C=O) groups is 1. The predicted molar refractivity (Wildman–Crippen MR) is 70.9 cm³/mol. The molecule has 1 aliphatic heterocycles. The van der Waals surface area contributed by atoms with Crippen LogP contribution in [0.4, 0.5) is 0 Å². The summed E-state index contributed by atoms with van der Waals surface area (Å²) in [6, 6.07) is 0.156. The first-order chi connectivity index (χ1) is 8.04. The summed E-state index contributed by atoms with van der Waals surface area (Å²) in [5, 5.41) is 3.81. The van der Waals surface area contributed by atoms with Gasteiger partial charge < -0.3 is 19.9 Å². The molecule has 1 amide bonds. The van der Waals surface area contributed by atoms with Gasteiger partial charge in [0.05, 0.1) is 13.2 Å². The lowest BCUT2D eigenvalue weighted by atomic mass is 10.3. The summed E-state index contributed by atoms with van der Waals surface area (Å²) in [5.41, 5.74) is 0. The molecule has 1 fully saturated rings. The predicted octanol–water partition coefficient (Wildman–Crippen LogP) is 0.0599. The number of hydrogen-bond donors (Lipinski definition) is 1. The highest BCUT2D eigenvalue weighted by Gasteiger charge is 2.21. The summed E-state index contributed by atoms with van der Waals surface area (Å²) in [6.45, 7) is 4.58. The third-order valence-corrected chi connectivity index (χ3v) is 3.12. The molecule has 0 aromatic heterocycles. The molecule has 0 radical (unpaired) electrons. The number of rotatable bonds is 3. The molecule has 1 rings (SSSR count). The fourth-order valence-electron chi connectivity index (χ4n) is 1.75. The lowest BCUT2D eigenvalue weighted by Gasteiger charge is -2.25. The van der Waals surface area contributed by atoms with E-state index in [0.29, 0.717) is 18.3 Å². The Morgan fingerprint density at radius 2 is 2.29 bits per heavy atom. The average molecular weight is 259 g/mol. The number of nitrogens with zero attached hydrogens (tertiary/aromatic N) is 2. The Bertz CT molecular complexity index is 286. The molecule has 6 heteroatoms. The lowest BCUT2D eigenvalue weighted by molar-refractivity contribution is -0.129. The molecule has 1 heterocycles. The molecule has 0 bridgehead atoms. The summed E-state index contributed by atoms with van der Waals surface area (Å²) in [7, 11) is 3.49. The highest BCUT2D eigenvalue weighted by atomic mass is 32.1. The van der Waals surface area contributed by atoms with Gasteiger partial charge in [0.15, 0.2) is 5.11 Å². The number of methoxy groups -OCH3 is 1. The summed E-state index contributed by atoms with van der Waals surface area (Å²) in [4.78, 5) is 15.4. The first-order valence-electron chi connectivity index (χ1n) is 5.83. The lowest BCUT2D eigenvalue weighted by Crippen LogP contribution is -2.47. The minimum atomic E-state index is 0.117. The van der Waals surface area contributed by atoms with Gasteiger partial charge in [0, 0.05) is 33.3 Å². The van der Waals surface area contributed by atoms with E-state index in [4.69, 9.17) is 17.0 Å². The molecule has 0 spiro atoms. The van der Waals surface area contributed by atoms with E-state index < -0.39 is 0 Å². The maximum Gasteiger partial charge on any atom is 0.241 e. The Balaban J connectivity index is 2.48. The minimum Gasteiger partial charge on any atom is -0.383 e. The van der Waals surface area contributed by atoms with Gasteiger partial charge in [-0.2, -0.15) is 0 Å². The summed E-state index contributed by atoms with van der Waals surface area (Å²) >= 11 is 5.30. The van der Waals surface area contributed by atoms with Crippen molar-refractivity contribution in [1.29, 1.82) is 0 Å². The molecule has 1 aliphatic rings. The van der Waals surface area contributed by atoms with Gasteiger partial charge in [-0.1, -0.05) is 0 Å². The largest absolute Gasteiger partial charge is 0.383 e. The fraction of sp³-hybridized carbons (Fsp3) is 0.818. The Kier molecular flexibility index (Phi) is 5.64. The van der Waals surface area contributed by atoms with Crippen LogP contribution in [0.15, 0.2) is 0 Å². The third kappa shape index (κ3) is 4.47. The molecule has 0 aromatic rings. The van der Waals surface area contributed by atoms with Gasteiger partial charge >= 0.3 is 0 Å². The Morgan fingerprint density at radius 3 is 2.94 bits per heavy atom. The molecule has 0 aromatic carbocycles. The zero-order valence-electron chi connectivity index (χ0n) is 10.7. The van der Waals surface area contributed by atoms with Gasteiger partial charge in [0.2, 0.25) is 5.91 Å². The van der Waals surface area contributed by atoms with Gasteiger partial charge in [-0.3, -0.25) is 4.79 Å². The zero-order valence-corrected chi connectivity index (χ0v) is 11.5. The van der Waals surface area contributed by atoms with Crippen LogP contribution in [0.2, 0.25) is 0 Å². The summed E-state index contributed by atoms with van der Waals surface area (Å²) < 4.78 is 5.04. The zero-order chi connectivity index (χ0) is 12.8. The van der Waals surface area contributed by atoms with Crippen LogP contribution in [-0.4, -0.2) is 67.3 Å². The number of nitrogens with one attached hydrogen (secondary N) is 1. The first kappa shape index (κ1) is 14.2. The smallest absolute Gasteiger partial charge is 0.241 e. The van der Waals surface area contributed by atoms with Crippen molar-refractivity contribution in [2.75, 3.05) is 40.4 Å². The summed E-state index contributed by atoms with van der Waals surface area (Å²) in [5.74, 6) is 0.117. The van der Waals surface area contributed by atoms with Crippen molar-refractivity contribution in [3.63, 3.8) is 0 Å². The number of likely N-dealkylation sites (N-methyl/N-ethyl adjacent to an activating group) is 1. The minimum absolute atomic E-state index is 0.117. The SMILES string of the molecule is COCC(C)NC(=S)N1CCCN(C)C(=O)C1. The molecular formula is C11H21N3O2S. The normalized spacial score (nSPS) is 18.9. The Hall–Kier alpha value is -0.880. The molecule has 98 valence electrons.